The van der Waals surface area contributed by atoms with Crippen LogP contribution in [0.4, 0.5) is 17.6 Å². The standard InChI is InChI=1S/C13H15F4NS/c1-8(18-19-12(2,3)4)9-6-5-7-10(11(9)14)13(15,16)17/h5-7H,1-4H3. The second-order valence-electron chi connectivity index (χ2n) is 5.05. The van der Waals surface area contributed by atoms with Gasteiger partial charge in [-0.1, -0.05) is 12.1 Å². The van der Waals surface area contributed by atoms with Crippen LogP contribution in [0, 0.1) is 5.82 Å². The highest BCUT2D eigenvalue weighted by atomic mass is 32.2. The molecule has 1 rings (SSSR count). The van der Waals surface area contributed by atoms with Crippen LogP contribution in [0.15, 0.2) is 22.6 Å². The zero-order valence-corrected chi connectivity index (χ0v) is 11.9. The van der Waals surface area contributed by atoms with E-state index >= 15 is 0 Å². The lowest BCUT2D eigenvalue weighted by Gasteiger charge is -2.15. The normalized spacial score (nSPS) is 13.8. The Bertz CT molecular complexity index is 486. The Kier molecular flexibility index (Phi) is 4.66. The average Bonchev–Trinajstić information content (AvgIpc) is 2.23. The maximum Gasteiger partial charge on any atom is 0.419 e. The van der Waals surface area contributed by atoms with Crippen LogP contribution in [-0.4, -0.2) is 10.5 Å². The van der Waals surface area contributed by atoms with Gasteiger partial charge in [-0.15, -0.1) is 0 Å². The Labute approximate surface area is 114 Å². The maximum absolute atomic E-state index is 13.8. The summed E-state index contributed by atoms with van der Waals surface area (Å²) >= 11 is 1.20. The van der Waals surface area contributed by atoms with Crippen LogP contribution in [-0.2, 0) is 6.18 Å². The monoisotopic (exact) mass is 293 g/mol. The van der Waals surface area contributed by atoms with Gasteiger partial charge in [-0.2, -0.15) is 13.2 Å². The summed E-state index contributed by atoms with van der Waals surface area (Å²) < 4.78 is 55.5. The number of benzene rings is 1. The molecule has 0 saturated carbocycles. The van der Waals surface area contributed by atoms with Gasteiger partial charge >= 0.3 is 6.18 Å². The van der Waals surface area contributed by atoms with Crippen LogP contribution < -0.4 is 0 Å². The summed E-state index contributed by atoms with van der Waals surface area (Å²) in [6.07, 6.45) is -4.70. The molecule has 0 spiro atoms. The van der Waals surface area contributed by atoms with Crippen molar-refractivity contribution in [3.8, 4) is 0 Å². The summed E-state index contributed by atoms with van der Waals surface area (Å²) in [4.78, 5) is 0. The van der Waals surface area contributed by atoms with Crippen molar-refractivity contribution in [1.29, 1.82) is 0 Å². The summed E-state index contributed by atoms with van der Waals surface area (Å²) in [5, 5.41) is 0. The summed E-state index contributed by atoms with van der Waals surface area (Å²) in [5.41, 5.74) is -1.14. The SMILES string of the molecule is CC(=NSC(C)(C)C)c1cccc(C(F)(F)F)c1F. The third kappa shape index (κ3) is 4.53. The predicted molar refractivity (Wildman–Crippen MR) is 71.0 cm³/mol. The second-order valence-corrected chi connectivity index (χ2v) is 6.64. The van der Waals surface area contributed by atoms with Crippen LogP contribution in [0.1, 0.15) is 38.8 Å². The van der Waals surface area contributed by atoms with Gasteiger partial charge in [0.1, 0.15) is 5.82 Å². The Morgan fingerprint density at radius 3 is 2.21 bits per heavy atom. The third-order valence-corrected chi connectivity index (χ3v) is 3.06. The van der Waals surface area contributed by atoms with Crippen LogP contribution in [0.3, 0.4) is 0 Å². The van der Waals surface area contributed by atoms with Crippen molar-refractivity contribution in [3.63, 3.8) is 0 Å². The zero-order chi connectivity index (χ0) is 14.8. The number of rotatable bonds is 2. The number of hydrogen-bond donors (Lipinski definition) is 0. The Morgan fingerprint density at radius 2 is 1.74 bits per heavy atom. The van der Waals surface area contributed by atoms with E-state index in [1.807, 2.05) is 20.8 Å². The molecule has 1 nitrogen and oxygen atoms in total. The molecule has 0 bridgehead atoms. The van der Waals surface area contributed by atoms with Gasteiger partial charge < -0.3 is 0 Å². The fourth-order valence-electron chi connectivity index (χ4n) is 1.28. The highest BCUT2D eigenvalue weighted by molar-refractivity contribution is 7.99. The van der Waals surface area contributed by atoms with Crippen LogP contribution in [0.2, 0.25) is 0 Å². The molecule has 6 heteroatoms. The van der Waals surface area contributed by atoms with E-state index in [1.54, 1.807) is 0 Å². The van der Waals surface area contributed by atoms with E-state index in [9.17, 15) is 17.6 Å². The minimum atomic E-state index is -4.70. The average molecular weight is 293 g/mol. The highest BCUT2D eigenvalue weighted by Gasteiger charge is 2.35. The van der Waals surface area contributed by atoms with E-state index in [1.165, 1.54) is 31.0 Å². The van der Waals surface area contributed by atoms with Gasteiger partial charge in [0, 0.05) is 10.3 Å². The third-order valence-electron chi connectivity index (χ3n) is 2.15. The molecule has 0 aliphatic rings. The van der Waals surface area contributed by atoms with Crippen molar-refractivity contribution in [1.82, 2.24) is 0 Å². The van der Waals surface area contributed by atoms with Crippen LogP contribution >= 0.6 is 11.9 Å². The number of alkyl halides is 3. The Morgan fingerprint density at radius 1 is 1.16 bits per heavy atom. The summed E-state index contributed by atoms with van der Waals surface area (Å²) in [6, 6.07) is 3.21. The Hall–Kier alpha value is -1.04. The summed E-state index contributed by atoms with van der Waals surface area (Å²) in [5.74, 6) is -1.27. The van der Waals surface area contributed by atoms with E-state index in [2.05, 4.69) is 4.40 Å². The summed E-state index contributed by atoms with van der Waals surface area (Å²) in [7, 11) is 0. The van der Waals surface area contributed by atoms with E-state index < -0.39 is 17.6 Å². The molecular formula is C13H15F4NS. The molecule has 1 aromatic carbocycles. The molecule has 0 N–H and O–H groups in total. The van der Waals surface area contributed by atoms with Crippen molar-refractivity contribution >= 4 is 17.7 Å². The topological polar surface area (TPSA) is 12.4 Å². The Balaban J connectivity index is 3.15. The minimum absolute atomic E-state index is 0.119. The van der Waals surface area contributed by atoms with Crippen LogP contribution in [0.5, 0.6) is 0 Å². The first-order chi connectivity index (χ1) is 8.52. The molecule has 0 amide bonds. The fourth-order valence-corrected chi connectivity index (χ4v) is 1.79. The lowest BCUT2D eigenvalue weighted by atomic mass is 10.1. The molecule has 0 saturated heterocycles. The van der Waals surface area contributed by atoms with Crippen molar-refractivity contribution in [2.24, 2.45) is 4.40 Å². The molecular weight excluding hydrogens is 278 g/mol. The summed E-state index contributed by atoms with van der Waals surface area (Å²) in [6.45, 7) is 7.24. The maximum atomic E-state index is 13.8. The van der Waals surface area contributed by atoms with E-state index in [0.29, 0.717) is 0 Å². The van der Waals surface area contributed by atoms with Crippen molar-refractivity contribution in [2.45, 2.75) is 38.6 Å². The molecule has 0 aromatic heterocycles. The fraction of sp³-hybridized carbons (Fsp3) is 0.462. The molecule has 19 heavy (non-hydrogen) atoms. The van der Waals surface area contributed by atoms with Crippen LogP contribution in [0.25, 0.3) is 0 Å². The first kappa shape index (κ1) is 16.0. The number of nitrogens with zero attached hydrogens (tertiary/aromatic N) is 1. The van der Waals surface area contributed by atoms with E-state index in [4.69, 9.17) is 0 Å². The van der Waals surface area contributed by atoms with E-state index in [-0.39, 0.29) is 16.0 Å². The minimum Gasteiger partial charge on any atom is -0.220 e. The molecule has 0 unspecified atom stereocenters. The van der Waals surface area contributed by atoms with Gasteiger partial charge in [-0.05, 0) is 45.7 Å². The predicted octanol–water partition coefficient (Wildman–Crippen LogP) is 5.10. The van der Waals surface area contributed by atoms with Gasteiger partial charge in [0.25, 0.3) is 0 Å². The molecule has 0 aliphatic heterocycles. The largest absolute Gasteiger partial charge is 0.419 e. The van der Waals surface area contributed by atoms with Gasteiger partial charge in [-0.3, -0.25) is 0 Å². The highest BCUT2D eigenvalue weighted by Crippen LogP contribution is 2.33. The van der Waals surface area contributed by atoms with Crippen molar-refractivity contribution in [3.05, 3.63) is 35.1 Å². The number of halogens is 4. The quantitative estimate of drug-likeness (QED) is 0.420. The molecule has 106 valence electrons. The number of hydrogen-bond acceptors (Lipinski definition) is 2. The molecule has 0 atom stereocenters. The molecule has 0 fully saturated rings. The first-order valence-electron chi connectivity index (χ1n) is 5.61. The molecule has 1 aromatic rings. The van der Waals surface area contributed by atoms with Gasteiger partial charge in [0.05, 0.1) is 11.3 Å². The van der Waals surface area contributed by atoms with Gasteiger partial charge in [0.15, 0.2) is 0 Å². The van der Waals surface area contributed by atoms with Crippen molar-refractivity contribution < 1.29 is 17.6 Å². The molecule has 0 heterocycles. The smallest absolute Gasteiger partial charge is 0.220 e. The van der Waals surface area contributed by atoms with Gasteiger partial charge in [0.2, 0.25) is 0 Å². The lowest BCUT2D eigenvalue weighted by molar-refractivity contribution is -0.140. The van der Waals surface area contributed by atoms with Crippen molar-refractivity contribution in [2.75, 3.05) is 0 Å². The molecule has 0 aliphatic carbocycles. The van der Waals surface area contributed by atoms with E-state index in [0.717, 1.165) is 6.07 Å². The second kappa shape index (κ2) is 5.53. The molecule has 0 radical (unpaired) electrons. The first-order valence-corrected chi connectivity index (χ1v) is 6.38. The van der Waals surface area contributed by atoms with Gasteiger partial charge in [-0.25, -0.2) is 8.79 Å². The zero-order valence-electron chi connectivity index (χ0n) is 11.1. The lowest BCUT2D eigenvalue weighted by Crippen LogP contribution is -2.12.